The van der Waals surface area contributed by atoms with E-state index in [0.29, 0.717) is 6.07 Å². The Bertz CT molecular complexity index is 693. The Kier molecular flexibility index (Phi) is 5.02. The maximum atomic E-state index is 13.0. The molecule has 0 aliphatic heterocycles. The third-order valence-electron chi connectivity index (χ3n) is 2.53. The highest BCUT2D eigenvalue weighted by molar-refractivity contribution is 9.09. The fraction of sp³-hybridized carbons (Fsp3) is 0.154. The smallest absolute Gasteiger partial charge is 0.417 e. The Morgan fingerprint density at radius 3 is 2.55 bits per heavy atom. The first-order chi connectivity index (χ1) is 10.3. The van der Waals surface area contributed by atoms with Gasteiger partial charge in [-0.25, -0.2) is 9.97 Å². The number of alkyl halides is 4. The average molecular weight is 396 g/mol. The van der Waals surface area contributed by atoms with Gasteiger partial charge in [0.25, 0.3) is 0 Å². The molecule has 0 unspecified atom stereocenters. The summed E-state index contributed by atoms with van der Waals surface area (Å²) in [4.78, 5) is 19.0. The quantitative estimate of drug-likeness (QED) is 0.434. The minimum atomic E-state index is -4.70. The van der Waals surface area contributed by atoms with Crippen LogP contribution in [0.4, 0.5) is 13.2 Å². The number of rotatable bonds is 4. The fourth-order valence-electron chi connectivity index (χ4n) is 1.56. The van der Waals surface area contributed by atoms with E-state index in [2.05, 4.69) is 25.9 Å². The highest BCUT2D eigenvalue weighted by Crippen LogP contribution is 2.34. The van der Waals surface area contributed by atoms with E-state index in [1.807, 2.05) is 0 Å². The lowest BCUT2D eigenvalue weighted by molar-refractivity contribution is -0.138. The van der Waals surface area contributed by atoms with Gasteiger partial charge in [0, 0.05) is 17.8 Å². The summed E-state index contributed by atoms with van der Waals surface area (Å²) >= 11 is 8.43. The zero-order valence-corrected chi connectivity index (χ0v) is 13.0. The Hall–Kier alpha value is -1.67. The number of carbonyl (C=O) groups excluding carboxylic acids is 1. The van der Waals surface area contributed by atoms with Crippen LogP contribution in [0.2, 0.25) is 5.15 Å². The molecule has 0 saturated heterocycles. The zero-order valence-electron chi connectivity index (χ0n) is 10.7. The first-order valence-corrected chi connectivity index (χ1v) is 7.27. The lowest BCUT2D eigenvalue weighted by Crippen LogP contribution is -2.14. The Labute approximate surface area is 136 Å². The van der Waals surface area contributed by atoms with Gasteiger partial charge in [-0.15, -0.1) is 0 Å². The van der Waals surface area contributed by atoms with Gasteiger partial charge in [0.05, 0.1) is 17.1 Å². The molecule has 2 rings (SSSR count). The Balaban J connectivity index is 2.38. The molecule has 0 aromatic carbocycles. The van der Waals surface area contributed by atoms with Gasteiger partial charge >= 0.3 is 6.18 Å². The van der Waals surface area contributed by atoms with Crippen LogP contribution in [0, 0.1) is 0 Å². The second kappa shape index (κ2) is 6.62. The number of ketones is 1. The predicted octanol–water partition coefficient (Wildman–Crippen LogP) is 4.52. The van der Waals surface area contributed by atoms with Crippen LogP contribution in [-0.4, -0.2) is 21.1 Å². The zero-order chi connectivity index (χ0) is 16.3. The number of nitrogens with zero attached hydrogens (tertiary/aromatic N) is 2. The molecule has 2 heterocycles. The Morgan fingerprint density at radius 2 is 2.00 bits per heavy atom. The summed E-state index contributed by atoms with van der Waals surface area (Å²) in [6.45, 7) is 0. The van der Waals surface area contributed by atoms with Gasteiger partial charge < -0.3 is 4.74 Å². The van der Waals surface area contributed by atoms with E-state index in [0.717, 1.165) is 6.20 Å². The molecule has 0 spiro atoms. The molecular weight excluding hydrogens is 389 g/mol. The number of hydrogen-bond donors (Lipinski definition) is 0. The largest absolute Gasteiger partial charge is 0.437 e. The van der Waals surface area contributed by atoms with E-state index < -0.39 is 23.1 Å². The Morgan fingerprint density at radius 1 is 1.27 bits per heavy atom. The molecule has 9 heteroatoms. The topological polar surface area (TPSA) is 52.1 Å². The molecule has 0 radical (unpaired) electrons. The van der Waals surface area contributed by atoms with Crippen LogP contribution in [0.25, 0.3) is 0 Å². The number of ether oxygens (including phenoxy) is 1. The van der Waals surface area contributed by atoms with Crippen molar-refractivity contribution in [2.75, 3.05) is 5.33 Å². The SMILES string of the molecule is O=C(CBr)c1cnc(Oc2ccc(Cl)nc2)cc1C(F)(F)F. The summed E-state index contributed by atoms with van der Waals surface area (Å²) in [6.07, 6.45) is -2.62. The van der Waals surface area contributed by atoms with Crippen molar-refractivity contribution in [3.05, 3.63) is 46.9 Å². The van der Waals surface area contributed by atoms with E-state index >= 15 is 0 Å². The monoisotopic (exact) mass is 394 g/mol. The molecule has 0 amide bonds. The number of aromatic nitrogens is 2. The first-order valence-electron chi connectivity index (χ1n) is 5.77. The van der Waals surface area contributed by atoms with Crippen LogP contribution in [0.3, 0.4) is 0 Å². The molecular formula is C13H7BrClF3N2O2. The molecule has 4 nitrogen and oxygen atoms in total. The average Bonchev–Trinajstić information content (AvgIpc) is 2.48. The fourth-order valence-corrected chi connectivity index (χ4v) is 1.98. The molecule has 2 aromatic heterocycles. The van der Waals surface area contributed by atoms with Crippen LogP contribution in [0.5, 0.6) is 11.6 Å². The van der Waals surface area contributed by atoms with Crippen LogP contribution in [-0.2, 0) is 6.18 Å². The van der Waals surface area contributed by atoms with Gasteiger partial charge in [-0.05, 0) is 12.1 Å². The maximum Gasteiger partial charge on any atom is 0.417 e. The highest BCUT2D eigenvalue weighted by Gasteiger charge is 2.36. The van der Waals surface area contributed by atoms with Crippen molar-refractivity contribution in [3.63, 3.8) is 0 Å². The molecule has 22 heavy (non-hydrogen) atoms. The van der Waals surface area contributed by atoms with E-state index in [-0.39, 0.29) is 22.1 Å². The van der Waals surface area contributed by atoms with Crippen LogP contribution in [0.15, 0.2) is 30.6 Å². The van der Waals surface area contributed by atoms with Crippen molar-refractivity contribution in [3.8, 4) is 11.6 Å². The molecule has 0 fully saturated rings. The third kappa shape index (κ3) is 3.95. The second-order valence-corrected chi connectivity index (χ2v) is 4.99. The van der Waals surface area contributed by atoms with Gasteiger partial charge in [0.2, 0.25) is 5.88 Å². The second-order valence-electron chi connectivity index (χ2n) is 4.04. The van der Waals surface area contributed by atoms with Gasteiger partial charge in [0.1, 0.15) is 10.9 Å². The predicted molar refractivity (Wildman–Crippen MR) is 76.7 cm³/mol. The van der Waals surface area contributed by atoms with E-state index in [4.69, 9.17) is 16.3 Å². The number of halogens is 5. The summed E-state index contributed by atoms with van der Waals surface area (Å²) in [6, 6.07) is 3.52. The van der Waals surface area contributed by atoms with Crippen LogP contribution >= 0.6 is 27.5 Å². The van der Waals surface area contributed by atoms with Crippen molar-refractivity contribution in [2.45, 2.75) is 6.18 Å². The summed E-state index contributed by atoms with van der Waals surface area (Å²) in [5.41, 5.74) is -1.63. The number of pyridine rings is 2. The van der Waals surface area contributed by atoms with E-state index in [1.54, 1.807) is 0 Å². The van der Waals surface area contributed by atoms with Crippen molar-refractivity contribution >= 4 is 33.3 Å². The standard InChI is InChI=1S/C13H7BrClF3N2O2/c14-4-10(21)8-6-20-12(3-9(8)13(16,17)18)22-7-1-2-11(15)19-5-7/h1-3,5-6H,4H2. The van der Waals surface area contributed by atoms with Gasteiger partial charge in [0.15, 0.2) is 5.78 Å². The van der Waals surface area contributed by atoms with Crippen molar-refractivity contribution in [1.29, 1.82) is 0 Å². The summed E-state index contributed by atoms with van der Waals surface area (Å²) in [5.74, 6) is -0.855. The minimum absolute atomic E-state index is 0.171. The maximum absolute atomic E-state index is 13.0. The first kappa shape index (κ1) is 16.7. The van der Waals surface area contributed by atoms with Crippen molar-refractivity contribution in [2.24, 2.45) is 0 Å². The molecule has 0 saturated carbocycles. The van der Waals surface area contributed by atoms with Crippen LogP contribution < -0.4 is 4.74 Å². The molecule has 0 aliphatic rings. The number of Topliss-reactive ketones (excluding diaryl/α,β-unsaturated/α-hetero) is 1. The summed E-state index contributed by atoms with van der Waals surface area (Å²) in [7, 11) is 0. The minimum Gasteiger partial charge on any atom is -0.437 e. The molecule has 0 aliphatic carbocycles. The van der Waals surface area contributed by atoms with Crippen molar-refractivity contribution < 1.29 is 22.7 Å². The van der Waals surface area contributed by atoms with Crippen LogP contribution in [0.1, 0.15) is 15.9 Å². The third-order valence-corrected chi connectivity index (χ3v) is 3.26. The van der Waals surface area contributed by atoms with Gasteiger partial charge in [-0.2, -0.15) is 13.2 Å². The molecule has 0 N–H and O–H groups in total. The number of carbonyl (C=O) groups is 1. The highest BCUT2D eigenvalue weighted by atomic mass is 79.9. The molecule has 0 bridgehead atoms. The lowest BCUT2D eigenvalue weighted by Gasteiger charge is -2.13. The van der Waals surface area contributed by atoms with Crippen molar-refractivity contribution in [1.82, 2.24) is 9.97 Å². The normalized spacial score (nSPS) is 11.3. The molecule has 0 atom stereocenters. The summed E-state index contributed by atoms with van der Waals surface area (Å²) in [5, 5.41) is -0.0199. The van der Waals surface area contributed by atoms with E-state index in [1.165, 1.54) is 18.3 Å². The molecule has 116 valence electrons. The van der Waals surface area contributed by atoms with Gasteiger partial charge in [-0.3, -0.25) is 4.79 Å². The van der Waals surface area contributed by atoms with E-state index in [9.17, 15) is 18.0 Å². The number of hydrogen-bond acceptors (Lipinski definition) is 4. The lowest BCUT2D eigenvalue weighted by atomic mass is 10.1. The van der Waals surface area contributed by atoms with Gasteiger partial charge in [-0.1, -0.05) is 27.5 Å². The summed E-state index contributed by atoms with van der Waals surface area (Å²) < 4.78 is 44.3. The molecule has 2 aromatic rings.